The van der Waals surface area contributed by atoms with E-state index >= 15 is 0 Å². The molecule has 1 aromatic heterocycles. The predicted octanol–water partition coefficient (Wildman–Crippen LogP) is 3.69. The Hall–Kier alpha value is -1.03. The van der Waals surface area contributed by atoms with Gasteiger partial charge in [-0.05, 0) is 40.1 Å². The summed E-state index contributed by atoms with van der Waals surface area (Å²) in [7, 11) is 1.57. The fraction of sp³-hybridized carbons (Fsp3) is 0.231. The Labute approximate surface area is 109 Å². The van der Waals surface area contributed by atoms with E-state index in [1.165, 1.54) is 0 Å². The van der Waals surface area contributed by atoms with Gasteiger partial charge in [0.2, 0.25) is 0 Å². The fourth-order valence-corrected chi connectivity index (χ4v) is 2.59. The molecule has 0 saturated carbocycles. The van der Waals surface area contributed by atoms with E-state index in [2.05, 4.69) is 0 Å². The highest BCUT2D eigenvalue weighted by atomic mass is 35.5. The van der Waals surface area contributed by atoms with Crippen molar-refractivity contribution in [1.29, 1.82) is 0 Å². The van der Waals surface area contributed by atoms with Gasteiger partial charge in [0, 0.05) is 6.42 Å². The molecule has 1 heterocycles. The molecular weight excluding hydrogens is 256 g/mol. The van der Waals surface area contributed by atoms with Crippen LogP contribution in [0, 0.1) is 0 Å². The zero-order valence-corrected chi connectivity index (χ0v) is 11.0. The summed E-state index contributed by atoms with van der Waals surface area (Å²) in [6.45, 7) is 0. The number of ether oxygens (including phenoxy) is 1. The van der Waals surface area contributed by atoms with E-state index in [0.717, 1.165) is 11.1 Å². The summed E-state index contributed by atoms with van der Waals surface area (Å²) < 4.78 is 5.07. The van der Waals surface area contributed by atoms with E-state index < -0.39 is 6.10 Å². The summed E-state index contributed by atoms with van der Waals surface area (Å²) in [5, 5.41) is 14.6. The molecule has 0 saturated heterocycles. The minimum atomic E-state index is -0.534. The average molecular weight is 269 g/mol. The highest BCUT2D eigenvalue weighted by molar-refractivity contribution is 7.07. The molecule has 90 valence electrons. The van der Waals surface area contributed by atoms with Gasteiger partial charge in [-0.2, -0.15) is 11.3 Å². The number of aliphatic hydroxyl groups is 1. The Morgan fingerprint density at radius 1 is 1.41 bits per heavy atom. The molecule has 2 aromatic rings. The Bertz CT molecular complexity index is 482. The monoisotopic (exact) mass is 268 g/mol. The maximum atomic E-state index is 10.1. The summed E-state index contributed by atoms with van der Waals surface area (Å²) in [4.78, 5) is 0. The van der Waals surface area contributed by atoms with E-state index in [4.69, 9.17) is 16.3 Å². The van der Waals surface area contributed by atoms with Crippen LogP contribution in [0.15, 0.2) is 35.0 Å². The maximum Gasteiger partial charge on any atom is 0.137 e. The van der Waals surface area contributed by atoms with Gasteiger partial charge in [0.05, 0.1) is 18.2 Å². The number of benzene rings is 1. The van der Waals surface area contributed by atoms with Crippen molar-refractivity contribution in [1.82, 2.24) is 0 Å². The highest BCUT2D eigenvalue weighted by Crippen LogP contribution is 2.29. The molecule has 17 heavy (non-hydrogen) atoms. The molecule has 4 heteroatoms. The zero-order chi connectivity index (χ0) is 12.3. The van der Waals surface area contributed by atoms with Gasteiger partial charge in [-0.3, -0.25) is 0 Å². The lowest BCUT2D eigenvalue weighted by molar-refractivity contribution is 0.178. The van der Waals surface area contributed by atoms with Crippen molar-refractivity contribution in [2.24, 2.45) is 0 Å². The molecule has 0 radical (unpaired) electrons. The highest BCUT2D eigenvalue weighted by Gasteiger charge is 2.11. The van der Waals surface area contributed by atoms with Crippen LogP contribution in [-0.4, -0.2) is 12.2 Å². The molecular formula is C13H13ClO2S. The lowest BCUT2D eigenvalue weighted by Crippen LogP contribution is -2.01. The summed E-state index contributed by atoms with van der Waals surface area (Å²) in [5.41, 5.74) is 1.94. The topological polar surface area (TPSA) is 29.5 Å². The fourth-order valence-electron chi connectivity index (χ4n) is 1.64. The second kappa shape index (κ2) is 5.54. The van der Waals surface area contributed by atoms with Crippen molar-refractivity contribution in [3.05, 3.63) is 51.2 Å². The van der Waals surface area contributed by atoms with Crippen LogP contribution in [0.5, 0.6) is 5.75 Å². The van der Waals surface area contributed by atoms with Crippen LogP contribution >= 0.6 is 22.9 Å². The smallest absolute Gasteiger partial charge is 0.137 e. The molecule has 1 atom stereocenters. The third-order valence-corrected chi connectivity index (χ3v) is 3.60. The molecule has 0 aliphatic rings. The first kappa shape index (κ1) is 12.4. The predicted molar refractivity (Wildman–Crippen MR) is 71.0 cm³/mol. The molecule has 0 bridgehead atoms. The van der Waals surface area contributed by atoms with Gasteiger partial charge in [0.1, 0.15) is 5.75 Å². The first-order valence-electron chi connectivity index (χ1n) is 5.23. The van der Waals surface area contributed by atoms with Crippen LogP contribution in [-0.2, 0) is 6.42 Å². The van der Waals surface area contributed by atoms with Gasteiger partial charge < -0.3 is 9.84 Å². The molecule has 0 fully saturated rings. The molecule has 1 unspecified atom stereocenters. The largest absolute Gasteiger partial charge is 0.495 e. The number of rotatable bonds is 4. The zero-order valence-electron chi connectivity index (χ0n) is 9.39. The minimum Gasteiger partial charge on any atom is -0.495 e. The molecule has 0 spiro atoms. The molecule has 0 aliphatic carbocycles. The van der Waals surface area contributed by atoms with Crippen molar-refractivity contribution >= 4 is 22.9 Å². The number of hydrogen-bond acceptors (Lipinski definition) is 3. The molecule has 0 aliphatic heterocycles. The summed E-state index contributed by atoms with van der Waals surface area (Å²) in [6.07, 6.45) is 0.0691. The van der Waals surface area contributed by atoms with Crippen molar-refractivity contribution in [3.8, 4) is 5.75 Å². The van der Waals surface area contributed by atoms with Crippen LogP contribution < -0.4 is 4.74 Å². The summed E-state index contributed by atoms with van der Waals surface area (Å²) in [6, 6.07) is 7.37. The van der Waals surface area contributed by atoms with Gasteiger partial charge in [-0.15, -0.1) is 0 Å². The summed E-state index contributed by atoms with van der Waals surface area (Å²) in [5.74, 6) is 0.623. The van der Waals surface area contributed by atoms with Gasteiger partial charge in [-0.25, -0.2) is 0 Å². The van der Waals surface area contributed by atoms with Crippen molar-refractivity contribution < 1.29 is 9.84 Å². The number of methoxy groups -OCH3 is 1. The third kappa shape index (κ3) is 3.00. The maximum absolute atomic E-state index is 10.1. The number of halogens is 1. The minimum absolute atomic E-state index is 0.523. The SMILES string of the molecule is COc1ccc(C(O)Cc2ccsc2)cc1Cl. The first-order valence-corrected chi connectivity index (χ1v) is 6.55. The van der Waals surface area contributed by atoms with Crippen LogP contribution in [0.4, 0.5) is 0 Å². The van der Waals surface area contributed by atoms with Crippen LogP contribution in [0.3, 0.4) is 0 Å². The third-order valence-electron chi connectivity index (χ3n) is 2.57. The average Bonchev–Trinajstić information content (AvgIpc) is 2.81. The molecule has 1 N–H and O–H groups in total. The standard InChI is InChI=1S/C13H13ClO2S/c1-16-13-3-2-10(7-11(13)14)12(15)6-9-4-5-17-8-9/h2-5,7-8,12,15H,6H2,1H3. The lowest BCUT2D eigenvalue weighted by Gasteiger charge is -2.11. The van der Waals surface area contributed by atoms with Crippen LogP contribution in [0.1, 0.15) is 17.2 Å². The Balaban J connectivity index is 2.14. The van der Waals surface area contributed by atoms with Gasteiger partial charge in [0.25, 0.3) is 0 Å². The molecule has 2 nitrogen and oxygen atoms in total. The second-order valence-corrected chi connectivity index (χ2v) is 4.93. The number of thiophene rings is 1. The molecule has 0 amide bonds. The summed E-state index contributed by atoms with van der Waals surface area (Å²) >= 11 is 7.65. The van der Waals surface area contributed by atoms with E-state index in [1.807, 2.05) is 22.9 Å². The van der Waals surface area contributed by atoms with Crippen LogP contribution in [0.25, 0.3) is 0 Å². The molecule has 1 aromatic carbocycles. The quantitative estimate of drug-likeness (QED) is 0.916. The van der Waals surface area contributed by atoms with Crippen molar-refractivity contribution in [2.75, 3.05) is 7.11 Å². The molecule has 2 rings (SSSR count). The Morgan fingerprint density at radius 3 is 2.82 bits per heavy atom. The first-order chi connectivity index (χ1) is 8.20. The lowest BCUT2D eigenvalue weighted by atomic mass is 10.0. The number of aliphatic hydroxyl groups excluding tert-OH is 1. The van der Waals surface area contributed by atoms with Gasteiger partial charge in [-0.1, -0.05) is 17.7 Å². The van der Waals surface area contributed by atoms with Crippen molar-refractivity contribution in [2.45, 2.75) is 12.5 Å². The van der Waals surface area contributed by atoms with Crippen LogP contribution in [0.2, 0.25) is 5.02 Å². The normalized spacial score (nSPS) is 12.4. The van der Waals surface area contributed by atoms with Gasteiger partial charge in [0.15, 0.2) is 0 Å². The second-order valence-electron chi connectivity index (χ2n) is 3.75. The Kier molecular flexibility index (Phi) is 4.05. The number of hydrogen-bond donors (Lipinski definition) is 1. The van der Waals surface area contributed by atoms with E-state index in [0.29, 0.717) is 17.2 Å². The Morgan fingerprint density at radius 2 is 2.24 bits per heavy atom. The van der Waals surface area contributed by atoms with Crippen molar-refractivity contribution in [3.63, 3.8) is 0 Å². The van der Waals surface area contributed by atoms with E-state index in [9.17, 15) is 5.11 Å². The van der Waals surface area contributed by atoms with E-state index in [1.54, 1.807) is 30.6 Å². The van der Waals surface area contributed by atoms with Gasteiger partial charge >= 0.3 is 0 Å². The van der Waals surface area contributed by atoms with E-state index in [-0.39, 0.29) is 0 Å².